The summed E-state index contributed by atoms with van der Waals surface area (Å²) in [4.78, 5) is 0. The van der Waals surface area contributed by atoms with Gasteiger partial charge in [-0.2, -0.15) is 0 Å². The molecule has 114 valence electrons. The molecule has 2 N–H and O–H groups in total. The van der Waals surface area contributed by atoms with Crippen LogP contribution in [0.25, 0.3) is 32.3 Å². The van der Waals surface area contributed by atoms with Crippen molar-refractivity contribution < 1.29 is 14.6 Å². The second kappa shape index (κ2) is 4.40. The van der Waals surface area contributed by atoms with Crippen molar-refractivity contribution in [3.8, 4) is 0 Å². The molecule has 2 nitrogen and oxygen atoms in total. The van der Waals surface area contributed by atoms with Gasteiger partial charge in [-0.15, -0.1) is 0 Å². The van der Waals surface area contributed by atoms with Gasteiger partial charge in [-0.1, -0.05) is 42.5 Å². The molecular formula is C20H15FO2. The Morgan fingerprint density at radius 3 is 2.30 bits per heavy atom. The fraction of sp³-hybridized carbons (Fsp3) is 0.200. The van der Waals surface area contributed by atoms with Crippen molar-refractivity contribution in [2.45, 2.75) is 25.0 Å². The number of aryl methyl sites for hydroxylation is 1. The van der Waals surface area contributed by atoms with Crippen LogP contribution in [0.5, 0.6) is 0 Å². The summed E-state index contributed by atoms with van der Waals surface area (Å²) < 4.78 is 15.1. The third-order valence-corrected chi connectivity index (χ3v) is 5.25. The van der Waals surface area contributed by atoms with Gasteiger partial charge in [-0.3, -0.25) is 0 Å². The van der Waals surface area contributed by atoms with Crippen LogP contribution in [0.2, 0.25) is 0 Å². The minimum atomic E-state index is -1.15. The van der Waals surface area contributed by atoms with Gasteiger partial charge in [-0.05, 0) is 39.9 Å². The molecule has 23 heavy (non-hydrogen) atoms. The Hall–Kier alpha value is -2.23. The zero-order valence-corrected chi connectivity index (χ0v) is 12.4. The van der Waals surface area contributed by atoms with Crippen LogP contribution in [-0.4, -0.2) is 16.3 Å². The minimum Gasteiger partial charge on any atom is -0.390 e. The first-order valence-corrected chi connectivity index (χ1v) is 7.90. The molecule has 0 aliphatic heterocycles. The summed E-state index contributed by atoms with van der Waals surface area (Å²) in [5, 5.41) is 25.9. The molecular weight excluding hydrogens is 291 g/mol. The molecule has 0 radical (unpaired) electrons. The summed E-state index contributed by atoms with van der Waals surface area (Å²) in [6.45, 7) is 0. The lowest BCUT2D eigenvalue weighted by Crippen LogP contribution is -2.26. The van der Waals surface area contributed by atoms with Gasteiger partial charge in [0.15, 0.2) is 0 Å². The molecule has 0 amide bonds. The Balaban J connectivity index is 2.06. The molecule has 0 unspecified atom stereocenters. The van der Waals surface area contributed by atoms with Crippen molar-refractivity contribution in [1.82, 2.24) is 0 Å². The highest BCUT2D eigenvalue weighted by Crippen LogP contribution is 2.43. The van der Waals surface area contributed by atoms with E-state index in [4.69, 9.17) is 0 Å². The van der Waals surface area contributed by atoms with Crippen LogP contribution in [0, 0.1) is 5.82 Å². The summed E-state index contributed by atoms with van der Waals surface area (Å²) in [7, 11) is 0. The minimum absolute atomic E-state index is 0.273. The van der Waals surface area contributed by atoms with Crippen molar-refractivity contribution in [1.29, 1.82) is 0 Å². The Labute approximate surface area is 132 Å². The zero-order valence-electron chi connectivity index (χ0n) is 12.4. The first-order chi connectivity index (χ1) is 11.2. The highest BCUT2D eigenvalue weighted by molar-refractivity contribution is 6.24. The van der Waals surface area contributed by atoms with Crippen molar-refractivity contribution in [2.75, 3.05) is 0 Å². The van der Waals surface area contributed by atoms with Crippen LogP contribution < -0.4 is 0 Å². The van der Waals surface area contributed by atoms with Crippen molar-refractivity contribution in [3.05, 3.63) is 59.4 Å². The van der Waals surface area contributed by atoms with Gasteiger partial charge in [0.2, 0.25) is 0 Å². The number of fused-ring (bicyclic) bond motifs is 2. The number of benzene rings is 4. The fourth-order valence-electron chi connectivity index (χ4n) is 4.16. The van der Waals surface area contributed by atoms with Gasteiger partial charge in [0, 0.05) is 16.3 Å². The van der Waals surface area contributed by atoms with Crippen LogP contribution in [0.4, 0.5) is 4.39 Å². The average molecular weight is 306 g/mol. The molecule has 1 aliphatic rings. The van der Waals surface area contributed by atoms with E-state index in [9.17, 15) is 10.2 Å². The molecule has 5 rings (SSSR count). The standard InChI is InChI=1S/C20H15FO2/c21-19-14-7-5-11-3-1-2-10-4-6-12(17(14)16(10)11)13-8-9-15(22)20(23)18(13)19/h1-7,15,20,22-23H,8-9H2/t15-,20-/m0/s1. The fourth-order valence-corrected chi connectivity index (χ4v) is 4.16. The maximum atomic E-state index is 15.1. The lowest BCUT2D eigenvalue weighted by molar-refractivity contribution is 0.00467. The van der Waals surface area contributed by atoms with E-state index in [0.29, 0.717) is 18.2 Å². The molecule has 4 aromatic rings. The molecule has 0 fully saturated rings. The Morgan fingerprint density at radius 1 is 0.870 bits per heavy atom. The molecule has 0 spiro atoms. The highest BCUT2D eigenvalue weighted by Gasteiger charge is 2.32. The molecule has 3 heteroatoms. The number of aliphatic hydroxyl groups excluding tert-OH is 2. The Bertz CT molecular complexity index is 1050. The highest BCUT2D eigenvalue weighted by atomic mass is 19.1. The van der Waals surface area contributed by atoms with E-state index in [0.717, 1.165) is 32.5 Å². The van der Waals surface area contributed by atoms with Crippen LogP contribution in [0.3, 0.4) is 0 Å². The summed E-state index contributed by atoms with van der Waals surface area (Å²) in [5.41, 5.74) is 1.11. The van der Waals surface area contributed by atoms with Crippen molar-refractivity contribution in [3.63, 3.8) is 0 Å². The van der Waals surface area contributed by atoms with Gasteiger partial charge in [0.25, 0.3) is 0 Å². The third-order valence-electron chi connectivity index (χ3n) is 5.25. The number of aliphatic hydroxyl groups is 2. The van der Waals surface area contributed by atoms with Crippen molar-refractivity contribution in [2.24, 2.45) is 0 Å². The second-order valence-corrected chi connectivity index (χ2v) is 6.44. The molecule has 0 aromatic heterocycles. The predicted octanol–water partition coefficient (Wildman–Crippen LogP) is 4.06. The largest absolute Gasteiger partial charge is 0.390 e. The lowest BCUT2D eigenvalue weighted by Gasteiger charge is -2.29. The molecule has 0 saturated carbocycles. The molecule has 2 atom stereocenters. The molecule has 1 aliphatic carbocycles. The van der Waals surface area contributed by atoms with Gasteiger partial charge in [0.1, 0.15) is 11.9 Å². The van der Waals surface area contributed by atoms with E-state index in [1.165, 1.54) is 0 Å². The van der Waals surface area contributed by atoms with Gasteiger partial charge < -0.3 is 10.2 Å². The van der Waals surface area contributed by atoms with Gasteiger partial charge in [-0.25, -0.2) is 4.39 Å². The zero-order chi connectivity index (χ0) is 15.7. The summed E-state index contributed by atoms with van der Waals surface area (Å²) in [6.07, 6.45) is -1.01. The lowest BCUT2D eigenvalue weighted by atomic mass is 9.81. The third kappa shape index (κ3) is 1.58. The number of halogens is 1. The van der Waals surface area contributed by atoms with Crippen molar-refractivity contribution >= 4 is 32.3 Å². The smallest absolute Gasteiger partial charge is 0.137 e. The predicted molar refractivity (Wildman–Crippen MR) is 89.4 cm³/mol. The Kier molecular flexibility index (Phi) is 2.53. The summed E-state index contributed by atoms with van der Waals surface area (Å²) in [5.74, 6) is -0.392. The second-order valence-electron chi connectivity index (χ2n) is 6.44. The van der Waals surface area contributed by atoms with E-state index in [2.05, 4.69) is 6.07 Å². The van der Waals surface area contributed by atoms with Crippen LogP contribution in [0.1, 0.15) is 23.7 Å². The SMILES string of the molecule is O[C@@H]1c2c(F)c3ccc4cccc5ccc(c2CC[C@@H]1O)c3c45. The van der Waals surface area contributed by atoms with E-state index < -0.39 is 18.0 Å². The quantitative estimate of drug-likeness (QED) is 0.481. The van der Waals surface area contributed by atoms with Gasteiger partial charge in [0.05, 0.1) is 6.10 Å². The number of rotatable bonds is 0. The normalized spacial score (nSPS) is 21.3. The maximum absolute atomic E-state index is 15.1. The number of hydrogen-bond acceptors (Lipinski definition) is 2. The maximum Gasteiger partial charge on any atom is 0.137 e. The van der Waals surface area contributed by atoms with E-state index in [1.54, 1.807) is 6.07 Å². The van der Waals surface area contributed by atoms with E-state index in [-0.39, 0.29) is 5.56 Å². The first-order valence-electron chi connectivity index (χ1n) is 7.90. The Morgan fingerprint density at radius 2 is 1.57 bits per heavy atom. The molecule has 4 aromatic carbocycles. The molecule has 0 heterocycles. The monoisotopic (exact) mass is 306 g/mol. The van der Waals surface area contributed by atoms with Crippen LogP contribution in [-0.2, 0) is 6.42 Å². The molecule has 0 bridgehead atoms. The topological polar surface area (TPSA) is 40.5 Å². The van der Waals surface area contributed by atoms with E-state index in [1.807, 2.05) is 30.3 Å². The van der Waals surface area contributed by atoms with Gasteiger partial charge >= 0.3 is 0 Å². The van der Waals surface area contributed by atoms with E-state index >= 15 is 4.39 Å². The van der Waals surface area contributed by atoms with Crippen LogP contribution >= 0.6 is 0 Å². The number of hydrogen-bond donors (Lipinski definition) is 2. The first kappa shape index (κ1) is 13.2. The summed E-state index contributed by atoms with van der Waals surface area (Å²) >= 11 is 0. The average Bonchev–Trinajstić information content (AvgIpc) is 2.57. The summed E-state index contributed by atoms with van der Waals surface area (Å²) in [6, 6.07) is 13.9. The molecule has 0 saturated heterocycles. The van der Waals surface area contributed by atoms with Crippen LogP contribution in [0.15, 0.2) is 42.5 Å².